The molecule has 0 amide bonds. The van der Waals surface area contributed by atoms with Gasteiger partial charge in [-0.15, -0.1) is 0 Å². The summed E-state index contributed by atoms with van der Waals surface area (Å²) >= 11 is 0. The van der Waals surface area contributed by atoms with Gasteiger partial charge in [-0.25, -0.2) is 19.0 Å². The molecule has 13 nitrogen and oxygen atoms in total. The van der Waals surface area contributed by atoms with E-state index in [-0.39, 0.29) is 24.3 Å². The number of hydrogen-bond donors (Lipinski definition) is 2. The Labute approximate surface area is 195 Å². The van der Waals surface area contributed by atoms with Gasteiger partial charge < -0.3 is 20.1 Å². The zero-order valence-electron chi connectivity index (χ0n) is 19.8. The second kappa shape index (κ2) is 8.68. The number of ether oxygens (including phenoxy) is 2. The van der Waals surface area contributed by atoms with Gasteiger partial charge >= 0.3 is 13.7 Å². The van der Waals surface area contributed by atoms with Gasteiger partial charge in [-0.3, -0.25) is 18.4 Å². The highest BCUT2D eigenvalue weighted by Crippen LogP contribution is 2.57. The van der Waals surface area contributed by atoms with Crippen LogP contribution < -0.4 is 15.7 Å². The number of nitrogens with two attached hydrogens (primary N) is 1. The monoisotopic (exact) mass is 501 g/mol. The van der Waals surface area contributed by atoms with Gasteiger partial charge in [0.2, 0.25) is 5.95 Å². The van der Waals surface area contributed by atoms with Gasteiger partial charge in [0, 0.05) is 14.1 Å². The summed E-state index contributed by atoms with van der Waals surface area (Å²) in [5.41, 5.74) is 4.38. The number of nitrogens with one attached hydrogen (secondary N) is 1. The van der Waals surface area contributed by atoms with E-state index < -0.39 is 43.9 Å². The van der Waals surface area contributed by atoms with Gasteiger partial charge in [0.25, 0.3) is 0 Å². The molecule has 0 spiro atoms. The van der Waals surface area contributed by atoms with Crippen LogP contribution in [-0.2, 0) is 27.9 Å². The lowest BCUT2D eigenvalue weighted by molar-refractivity contribution is -0.149. The van der Waals surface area contributed by atoms with Crippen LogP contribution in [0.5, 0.6) is 0 Å². The lowest BCUT2D eigenvalue weighted by Crippen LogP contribution is -2.47. The van der Waals surface area contributed by atoms with E-state index in [1.165, 1.54) is 24.7 Å². The Morgan fingerprint density at radius 2 is 2.12 bits per heavy atom. The summed E-state index contributed by atoms with van der Waals surface area (Å²) in [6, 6.07) is -1.00. The maximum atomic E-state index is 16.2. The molecular weight excluding hydrogens is 472 g/mol. The molecule has 0 bridgehead atoms. The Hall–Kier alpha value is -2.38. The molecule has 1 unspecified atom stereocenters. The van der Waals surface area contributed by atoms with E-state index in [4.69, 9.17) is 24.3 Å². The molecule has 2 aromatic heterocycles. The van der Waals surface area contributed by atoms with Gasteiger partial charge in [0.05, 0.1) is 19.0 Å². The van der Waals surface area contributed by atoms with E-state index in [2.05, 4.69) is 20.0 Å². The molecule has 6 atom stereocenters. The molecule has 0 radical (unpaired) electrons. The number of imidazole rings is 1. The van der Waals surface area contributed by atoms with Crippen molar-refractivity contribution in [3.05, 3.63) is 6.33 Å². The van der Waals surface area contributed by atoms with Crippen LogP contribution in [-0.4, -0.2) is 76.2 Å². The SMILES string of the molecule is CC(C)OC(=O)[C@H](C)N[P@]1(=O)OC[C@H]2OC(n3cnc4c(N(C)C)nc(N)nc43)[C@](C)(F)[C@@H]2O1. The first-order chi connectivity index (χ1) is 15.8. The molecule has 2 fully saturated rings. The normalized spacial score (nSPS) is 32.1. The third-order valence-corrected chi connectivity index (χ3v) is 7.19. The average molecular weight is 501 g/mol. The first-order valence-corrected chi connectivity index (χ1v) is 12.3. The lowest BCUT2D eigenvalue weighted by Gasteiger charge is -2.35. The van der Waals surface area contributed by atoms with Crippen molar-refractivity contribution in [1.29, 1.82) is 0 Å². The maximum absolute atomic E-state index is 16.2. The molecule has 2 aromatic rings. The van der Waals surface area contributed by atoms with Gasteiger partial charge in [-0.1, -0.05) is 0 Å². The van der Waals surface area contributed by atoms with Crippen molar-refractivity contribution in [2.24, 2.45) is 0 Å². The summed E-state index contributed by atoms with van der Waals surface area (Å²) in [7, 11) is -0.502. The summed E-state index contributed by atoms with van der Waals surface area (Å²) in [5, 5.41) is 2.51. The number of nitrogen functional groups attached to an aromatic ring is 1. The van der Waals surface area contributed by atoms with E-state index >= 15 is 4.39 Å². The highest BCUT2D eigenvalue weighted by atomic mass is 31.2. The number of esters is 1. The zero-order chi connectivity index (χ0) is 25.0. The highest BCUT2D eigenvalue weighted by Gasteiger charge is 2.61. The smallest absolute Gasteiger partial charge is 0.406 e. The minimum absolute atomic E-state index is 0.00974. The van der Waals surface area contributed by atoms with Gasteiger partial charge in [-0.05, 0) is 27.7 Å². The van der Waals surface area contributed by atoms with Crippen molar-refractivity contribution in [3.63, 3.8) is 0 Å². The molecule has 2 aliphatic heterocycles. The Morgan fingerprint density at radius 1 is 1.41 bits per heavy atom. The molecule has 2 saturated heterocycles. The van der Waals surface area contributed by atoms with Gasteiger partial charge in [-0.2, -0.15) is 9.97 Å². The number of fused-ring (bicyclic) bond motifs is 2. The lowest BCUT2D eigenvalue weighted by atomic mass is 9.98. The number of carbonyl (C=O) groups is 1. The van der Waals surface area contributed by atoms with Crippen LogP contribution in [0.3, 0.4) is 0 Å². The number of alkyl halides is 1. The molecule has 4 heterocycles. The van der Waals surface area contributed by atoms with Crippen molar-refractivity contribution in [2.75, 3.05) is 31.3 Å². The summed E-state index contributed by atoms with van der Waals surface area (Å²) in [4.78, 5) is 26.5. The predicted molar refractivity (Wildman–Crippen MR) is 120 cm³/mol. The van der Waals surface area contributed by atoms with E-state index in [1.807, 2.05) is 0 Å². The largest absolute Gasteiger partial charge is 0.462 e. The van der Waals surface area contributed by atoms with Crippen molar-refractivity contribution in [1.82, 2.24) is 24.6 Å². The molecule has 2 aliphatic rings. The molecule has 4 rings (SSSR count). The second-order valence-corrected chi connectivity index (χ2v) is 10.7. The Kier molecular flexibility index (Phi) is 6.32. The topological polar surface area (TPSA) is 156 Å². The fourth-order valence-corrected chi connectivity index (χ4v) is 5.71. The molecule has 34 heavy (non-hydrogen) atoms. The molecule has 3 N–H and O–H groups in total. The van der Waals surface area contributed by atoms with Crippen LogP contribution in [0.15, 0.2) is 6.33 Å². The van der Waals surface area contributed by atoms with Gasteiger partial charge in [0.1, 0.15) is 18.2 Å². The summed E-state index contributed by atoms with van der Waals surface area (Å²) < 4.78 is 52.7. The standard InChI is InChI=1S/C19H29FN7O6P/c1-9(2)31-16(28)10(3)25-34(29)30-7-11-13(33-34)19(4,20)17(32-11)27-8-22-12-14(26(5)6)23-18(21)24-15(12)27/h8-11,13,17H,7H2,1-6H3,(H,25,29)(H2,21,23,24)/t10-,11+,13+,17?,19+,34-/m0/s1. The first-order valence-electron chi connectivity index (χ1n) is 10.8. The number of rotatable bonds is 6. The average Bonchev–Trinajstić information content (AvgIpc) is 3.24. The molecule has 0 saturated carbocycles. The quantitative estimate of drug-likeness (QED) is 0.436. The first kappa shape index (κ1) is 24.7. The van der Waals surface area contributed by atoms with E-state index in [0.717, 1.165) is 0 Å². The third kappa shape index (κ3) is 4.36. The molecule has 188 valence electrons. The fraction of sp³-hybridized carbons (Fsp3) is 0.684. The van der Waals surface area contributed by atoms with Crippen molar-refractivity contribution in [2.45, 2.75) is 63.9 Å². The fourth-order valence-electron chi connectivity index (χ4n) is 3.95. The van der Waals surface area contributed by atoms with Crippen molar-refractivity contribution < 1.29 is 32.3 Å². The Balaban J connectivity index is 1.60. The van der Waals surface area contributed by atoms with Crippen LogP contribution in [0.2, 0.25) is 0 Å². The van der Waals surface area contributed by atoms with Crippen LogP contribution in [0.25, 0.3) is 11.2 Å². The van der Waals surface area contributed by atoms with Gasteiger partial charge in [0.15, 0.2) is 28.9 Å². The second-order valence-electron chi connectivity index (χ2n) is 8.96. The minimum Gasteiger partial charge on any atom is -0.462 e. The molecule has 15 heteroatoms. The van der Waals surface area contributed by atoms with Crippen LogP contribution in [0.1, 0.15) is 33.9 Å². The molecule has 0 aromatic carbocycles. The van der Waals surface area contributed by atoms with Crippen LogP contribution >= 0.6 is 7.75 Å². The summed E-state index contributed by atoms with van der Waals surface area (Å²) in [5.74, 6) is -0.181. The number of anilines is 2. The van der Waals surface area contributed by atoms with E-state index in [0.29, 0.717) is 11.3 Å². The Morgan fingerprint density at radius 3 is 2.76 bits per heavy atom. The number of aromatic nitrogens is 4. The van der Waals surface area contributed by atoms with Crippen molar-refractivity contribution in [3.8, 4) is 0 Å². The summed E-state index contributed by atoms with van der Waals surface area (Å²) in [6.45, 7) is 5.89. The van der Waals surface area contributed by atoms with E-state index in [9.17, 15) is 9.36 Å². The zero-order valence-corrected chi connectivity index (χ0v) is 20.7. The van der Waals surface area contributed by atoms with Crippen LogP contribution in [0.4, 0.5) is 16.2 Å². The number of halogens is 1. The number of nitrogens with zero attached hydrogens (tertiary/aromatic N) is 5. The van der Waals surface area contributed by atoms with E-state index in [1.54, 1.807) is 32.8 Å². The Bertz CT molecular complexity index is 1140. The predicted octanol–water partition coefficient (Wildman–Crippen LogP) is 1.55. The molecule has 0 aliphatic carbocycles. The number of hydrogen-bond acceptors (Lipinski definition) is 11. The highest BCUT2D eigenvalue weighted by molar-refractivity contribution is 7.51. The van der Waals surface area contributed by atoms with Crippen LogP contribution in [0, 0.1) is 0 Å². The minimum atomic E-state index is -4.04. The number of carbonyl (C=O) groups excluding carboxylic acids is 1. The third-order valence-electron chi connectivity index (χ3n) is 5.50. The molecular formula is C19H29FN7O6P. The summed E-state index contributed by atoms with van der Waals surface area (Å²) in [6.07, 6.45) is -2.33. The van der Waals surface area contributed by atoms with Crippen molar-refractivity contribution >= 4 is 36.6 Å². The maximum Gasteiger partial charge on any atom is 0.406 e.